The highest BCUT2D eigenvalue weighted by atomic mass is 19.3. The van der Waals surface area contributed by atoms with Crippen LogP contribution < -0.4 is 16.0 Å². The molecule has 0 radical (unpaired) electrons. The van der Waals surface area contributed by atoms with Gasteiger partial charge in [-0.15, -0.1) is 0 Å². The third-order valence-electron chi connectivity index (χ3n) is 5.25. The van der Waals surface area contributed by atoms with E-state index < -0.39 is 48.7 Å². The molecule has 1 aliphatic carbocycles. The quantitative estimate of drug-likeness (QED) is 0.409. The highest BCUT2D eigenvalue weighted by Gasteiger charge is 2.37. The van der Waals surface area contributed by atoms with Gasteiger partial charge < -0.3 is 20.7 Å². The first-order chi connectivity index (χ1) is 15.2. The number of carbonyl (C=O) groups is 3. The molecule has 1 aromatic carbocycles. The van der Waals surface area contributed by atoms with Crippen LogP contribution in [-0.2, 0) is 19.1 Å². The average molecular weight is 460 g/mol. The normalized spacial score (nSPS) is 17.8. The zero-order valence-corrected chi connectivity index (χ0v) is 17.1. The van der Waals surface area contributed by atoms with Crippen LogP contribution in [-0.4, -0.2) is 67.9 Å². The lowest BCUT2D eigenvalue weighted by Gasteiger charge is -2.29. The number of alkyl halides is 4. The Kier molecular flexibility index (Phi) is 7.67. The van der Waals surface area contributed by atoms with Gasteiger partial charge >= 0.3 is 0 Å². The number of halogens is 4. The van der Waals surface area contributed by atoms with Gasteiger partial charge in [-0.2, -0.15) is 0 Å². The van der Waals surface area contributed by atoms with Crippen molar-refractivity contribution in [3.05, 3.63) is 23.8 Å². The molecule has 1 saturated carbocycles. The summed E-state index contributed by atoms with van der Waals surface area (Å²) in [7, 11) is 0. The number of nitrogens with one attached hydrogen (secondary N) is 1. The number of hydrogen-bond donors (Lipinski definition) is 2. The minimum atomic E-state index is -2.96. The fourth-order valence-electron chi connectivity index (χ4n) is 3.61. The third kappa shape index (κ3) is 5.94. The van der Waals surface area contributed by atoms with Gasteiger partial charge in [0.2, 0.25) is 5.91 Å². The molecule has 0 bridgehead atoms. The van der Waals surface area contributed by atoms with Crippen LogP contribution in [0.4, 0.5) is 28.9 Å². The lowest BCUT2D eigenvalue weighted by molar-refractivity contribution is -0.133. The highest BCUT2D eigenvalue weighted by molar-refractivity contribution is 6.09. The molecule has 1 atom stereocenters. The van der Waals surface area contributed by atoms with E-state index in [1.165, 1.54) is 17.0 Å². The highest BCUT2D eigenvalue weighted by Crippen LogP contribution is 2.34. The van der Waals surface area contributed by atoms with Crippen molar-refractivity contribution in [1.29, 1.82) is 0 Å². The van der Waals surface area contributed by atoms with Gasteiger partial charge in [0, 0.05) is 24.3 Å². The molecule has 2 aliphatic rings. The SMILES string of the molecule is NC(=O)[C@H](C(=O)Nc1ccc(N2CCOCC2=O)c(C(F)F)c1)N(CC(F)F)CC1CC1. The number of hydrogen-bond acceptors (Lipinski definition) is 5. The van der Waals surface area contributed by atoms with Crippen molar-refractivity contribution < 1.29 is 36.7 Å². The van der Waals surface area contributed by atoms with Crippen LogP contribution >= 0.6 is 0 Å². The molecule has 2 fully saturated rings. The van der Waals surface area contributed by atoms with Crippen LogP contribution in [0.15, 0.2) is 18.2 Å². The molecule has 176 valence electrons. The first-order valence-electron chi connectivity index (χ1n) is 10.1. The van der Waals surface area contributed by atoms with E-state index in [9.17, 15) is 31.9 Å². The van der Waals surface area contributed by atoms with Gasteiger partial charge in [0.25, 0.3) is 24.7 Å². The maximum absolute atomic E-state index is 13.7. The van der Waals surface area contributed by atoms with Crippen LogP contribution in [0.25, 0.3) is 0 Å². The van der Waals surface area contributed by atoms with Crippen molar-refractivity contribution in [3.8, 4) is 0 Å². The molecule has 12 heteroatoms. The summed E-state index contributed by atoms with van der Waals surface area (Å²) in [6, 6.07) is 1.84. The summed E-state index contributed by atoms with van der Waals surface area (Å²) in [4.78, 5) is 38.9. The van der Waals surface area contributed by atoms with E-state index in [0.29, 0.717) is 0 Å². The molecule has 3 N–H and O–H groups in total. The van der Waals surface area contributed by atoms with E-state index in [-0.39, 0.29) is 43.6 Å². The standard InChI is InChI=1S/C20H24F4N4O4/c21-15(22)9-27(8-11-1-2-11)17(19(25)30)20(31)26-12-3-4-14(13(7-12)18(23)24)28-5-6-32-10-16(28)29/h3-4,7,11,15,17-18H,1-2,5-6,8-10H2,(H2,25,30)(H,26,31)/t17-/m1/s1. The number of morpholine rings is 1. The molecule has 1 aromatic rings. The molecule has 3 amide bonds. The second-order valence-corrected chi connectivity index (χ2v) is 7.75. The molecule has 1 saturated heterocycles. The van der Waals surface area contributed by atoms with Crippen molar-refractivity contribution in [2.75, 3.05) is 43.1 Å². The minimum absolute atomic E-state index is 0.0224. The topological polar surface area (TPSA) is 105 Å². The lowest BCUT2D eigenvalue weighted by atomic mass is 10.1. The van der Waals surface area contributed by atoms with Crippen molar-refractivity contribution in [3.63, 3.8) is 0 Å². The van der Waals surface area contributed by atoms with E-state index in [2.05, 4.69) is 5.32 Å². The fourth-order valence-corrected chi connectivity index (χ4v) is 3.61. The number of benzene rings is 1. The van der Waals surface area contributed by atoms with E-state index in [1.54, 1.807) is 0 Å². The largest absolute Gasteiger partial charge is 0.370 e. The fraction of sp³-hybridized carbons (Fsp3) is 0.550. The summed E-state index contributed by atoms with van der Waals surface area (Å²) in [5.41, 5.74) is 4.71. The molecule has 1 heterocycles. The van der Waals surface area contributed by atoms with E-state index in [1.807, 2.05) is 0 Å². The summed E-state index contributed by atoms with van der Waals surface area (Å²) >= 11 is 0. The first-order valence-corrected chi connectivity index (χ1v) is 10.1. The van der Waals surface area contributed by atoms with Crippen LogP contribution in [0.1, 0.15) is 24.8 Å². The number of rotatable bonds is 10. The number of nitrogens with zero attached hydrogens (tertiary/aromatic N) is 2. The van der Waals surface area contributed by atoms with Gasteiger partial charge in [0.1, 0.15) is 6.61 Å². The molecule has 32 heavy (non-hydrogen) atoms. The Morgan fingerprint density at radius 2 is 1.97 bits per heavy atom. The van der Waals surface area contributed by atoms with Gasteiger partial charge in [-0.1, -0.05) is 0 Å². The average Bonchev–Trinajstić information content (AvgIpc) is 3.51. The monoisotopic (exact) mass is 460 g/mol. The van der Waals surface area contributed by atoms with Crippen LogP contribution in [0.2, 0.25) is 0 Å². The molecule has 8 nitrogen and oxygen atoms in total. The van der Waals surface area contributed by atoms with E-state index in [0.717, 1.165) is 23.8 Å². The summed E-state index contributed by atoms with van der Waals surface area (Å²) in [6.45, 7) is -0.669. The molecule has 0 spiro atoms. The summed E-state index contributed by atoms with van der Waals surface area (Å²) in [5.74, 6) is -2.49. The summed E-state index contributed by atoms with van der Waals surface area (Å²) in [5, 5.41) is 2.32. The van der Waals surface area contributed by atoms with Crippen molar-refractivity contribution in [2.45, 2.75) is 31.7 Å². The Hall–Kier alpha value is -2.73. The third-order valence-corrected chi connectivity index (χ3v) is 5.25. The predicted molar refractivity (Wildman–Crippen MR) is 106 cm³/mol. The van der Waals surface area contributed by atoms with Crippen molar-refractivity contribution >= 4 is 29.1 Å². The number of primary amides is 1. The summed E-state index contributed by atoms with van der Waals surface area (Å²) < 4.78 is 58.4. The van der Waals surface area contributed by atoms with Crippen LogP contribution in [0.3, 0.4) is 0 Å². The van der Waals surface area contributed by atoms with Gasteiger partial charge in [-0.25, -0.2) is 17.6 Å². The molecule has 0 unspecified atom stereocenters. The van der Waals surface area contributed by atoms with Crippen molar-refractivity contribution in [2.24, 2.45) is 11.7 Å². The van der Waals surface area contributed by atoms with Crippen LogP contribution in [0, 0.1) is 5.92 Å². The Labute approximate surface area is 181 Å². The minimum Gasteiger partial charge on any atom is -0.370 e. The number of carbonyl (C=O) groups excluding carboxylic acids is 3. The zero-order chi connectivity index (χ0) is 23.4. The van der Waals surface area contributed by atoms with Crippen LogP contribution in [0.5, 0.6) is 0 Å². The van der Waals surface area contributed by atoms with Gasteiger partial charge in [-0.3, -0.25) is 19.3 Å². The number of amides is 3. The summed E-state index contributed by atoms with van der Waals surface area (Å²) in [6.07, 6.45) is -4.16. The van der Waals surface area contributed by atoms with Gasteiger partial charge in [0.15, 0.2) is 6.04 Å². The maximum Gasteiger partial charge on any atom is 0.265 e. The van der Waals surface area contributed by atoms with E-state index in [4.69, 9.17) is 10.5 Å². The molecule has 3 rings (SSSR count). The Morgan fingerprint density at radius 3 is 2.53 bits per heavy atom. The predicted octanol–water partition coefficient (Wildman–Crippen LogP) is 1.76. The van der Waals surface area contributed by atoms with E-state index >= 15 is 0 Å². The van der Waals surface area contributed by atoms with Gasteiger partial charge in [0.05, 0.1) is 18.8 Å². The molecule has 1 aliphatic heterocycles. The lowest BCUT2D eigenvalue weighted by Crippen LogP contribution is -2.54. The van der Waals surface area contributed by atoms with Gasteiger partial charge in [-0.05, 0) is 37.0 Å². The smallest absolute Gasteiger partial charge is 0.265 e. The Bertz CT molecular complexity index is 862. The Balaban J connectivity index is 1.82. The zero-order valence-electron chi connectivity index (χ0n) is 17.1. The number of nitrogens with two attached hydrogens (primary N) is 1. The Morgan fingerprint density at radius 1 is 1.25 bits per heavy atom. The number of ether oxygens (including phenoxy) is 1. The first kappa shape index (κ1) is 23.9. The van der Waals surface area contributed by atoms with Crippen molar-refractivity contribution in [1.82, 2.24) is 4.90 Å². The number of anilines is 2. The molecule has 0 aromatic heterocycles. The molecular formula is C20H24F4N4O4. The second kappa shape index (κ2) is 10.3. The maximum atomic E-state index is 13.7. The molecular weight excluding hydrogens is 436 g/mol. The second-order valence-electron chi connectivity index (χ2n) is 7.75.